The third-order valence-corrected chi connectivity index (χ3v) is 2.86. The van der Waals surface area contributed by atoms with E-state index in [0.717, 1.165) is 0 Å². The summed E-state index contributed by atoms with van der Waals surface area (Å²) < 4.78 is 0. The molecule has 2 aromatic carbocycles. The van der Waals surface area contributed by atoms with Gasteiger partial charge in [0, 0.05) is 5.02 Å². The maximum absolute atomic E-state index is 11.2. The average Bonchev–Trinajstić information content (AvgIpc) is 2.35. The molecule has 0 bridgehead atoms. The fourth-order valence-corrected chi connectivity index (χ4v) is 2.07. The van der Waals surface area contributed by atoms with Crippen LogP contribution in [0.4, 0.5) is 0 Å². The van der Waals surface area contributed by atoms with E-state index in [4.69, 9.17) is 16.7 Å². The molecule has 0 saturated carbocycles. The molecule has 0 unspecified atom stereocenters. The van der Waals surface area contributed by atoms with E-state index in [1.54, 1.807) is 12.1 Å². The molecule has 4 nitrogen and oxygen atoms in total. The van der Waals surface area contributed by atoms with Crippen molar-refractivity contribution in [2.24, 2.45) is 0 Å². The Kier molecular flexibility index (Phi) is 2.38. The highest BCUT2D eigenvalue weighted by molar-refractivity contribution is 6.32. The average molecular weight is 259 g/mol. The number of benzene rings is 2. The lowest BCUT2D eigenvalue weighted by Gasteiger charge is -2.04. The summed E-state index contributed by atoms with van der Waals surface area (Å²) in [5.41, 5.74) is 2.28. The van der Waals surface area contributed by atoms with E-state index >= 15 is 0 Å². The van der Waals surface area contributed by atoms with Gasteiger partial charge in [-0.2, -0.15) is 0 Å². The van der Waals surface area contributed by atoms with Crippen molar-refractivity contribution in [1.29, 1.82) is 0 Å². The zero-order valence-electron chi connectivity index (χ0n) is 9.09. The fourth-order valence-electron chi connectivity index (χ4n) is 1.85. The summed E-state index contributed by atoms with van der Waals surface area (Å²) in [5.74, 6) is -1.06. The van der Waals surface area contributed by atoms with Crippen LogP contribution < -0.4 is 0 Å². The lowest BCUT2D eigenvalue weighted by molar-refractivity contribution is 0.0699. The molecule has 0 amide bonds. The van der Waals surface area contributed by atoms with Gasteiger partial charge in [0.2, 0.25) is 0 Å². The van der Waals surface area contributed by atoms with Gasteiger partial charge < -0.3 is 5.11 Å². The van der Waals surface area contributed by atoms with Gasteiger partial charge >= 0.3 is 5.97 Å². The van der Waals surface area contributed by atoms with Gasteiger partial charge in [-0.15, -0.1) is 0 Å². The van der Waals surface area contributed by atoms with Gasteiger partial charge in [-0.05, 0) is 24.3 Å². The standard InChI is InChI=1S/C13H7ClN2O2/c14-7-5-8(13(17)18)12-11(6-7)15-9-3-1-2-4-10(9)16-12/h1-6H,(H,17,18). The second kappa shape index (κ2) is 3.92. The van der Waals surface area contributed by atoms with Crippen LogP contribution in [0.3, 0.4) is 0 Å². The van der Waals surface area contributed by atoms with Crippen molar-refractivity contribution in [1.82, 2.24) is 9.97 Å². The Morgan fingerprint density at radius 2 is 1.72 bits per heavy atom. The number of carboxylic acid groups (broad SMARTS) is 1. The molecule has 0 radical (unpaired) electrons. The highest BCUT2D eigenvalue weighted by Gasteiger charge is 2.13. The van der Waals surface area contributed by atoms with Crippen LogP contribution in [0.15, 0.2) is 36.4 Å². The van der Waals surface area contributed by atoms with Gasteiger partial charge in [0.25, 0.3) is 0 Å². The molecule has 88 valence electrons. The number of nitrogens with zero attached hydrogens (tertiary/aromatic N) is 2. The Morgan fingerprint density at radius 1 is 1.06 bits per heavy atom. The maximum atomic E-state index is 11.2. The lowest BCUT2D eigenvalue weighted by atomic mass is 10.1. The predicted octanol–water partition coefficient (Wildman–Crippen LogP) is 3.13. The van der Waals surface area contributed by atoms with Gasteiger partial charge in [0.15, 0.2) is 0 Å². The van der Waals surface area contributed by atoms with Crippen molar-refractivity contribution in [3.05, 3.63) is 47.0 Å². The number of para-hydroxylation sites is 2. The Hall–Kier alpha value is -2.20. The molecule has 0 spiro atoms. The first-order valence-electron chi connectivity index (χ1n) is 5.24. The minimum atomic E-state index is -1.06. The molecule has 5 heteroatoms. The summed E-state index contributed by atoms with van der Waals surface area (Å²) in [6.45, 7) is 0. The van der Waals surface area contributed by atoms with Crippen LogP contribution >= 0.6 is 11.6 Å². The molecule has 0 aliphatic rings. The van der Waals surface area contributed by atoms with E-state index in [-0.39, 0.29) is 5.56 Å². The Balaban J connectivity index is 2.49. The van der Waals surface area contributed by atoms with E-state index < -0.39 is 5.97 Å². The molecule has 3 rings (SSSR count). The van der Waals surface area contributed by atoms with Crippen molar-refractivity contribution in [2.45, 2.75) is 0 Å². The summed E-state index contributed by atoms with van der Waals surface area (Å²) in [6, 6.07) is 10.3. The van der Waals surface area contributed by atoms with Crippen LogP contribution in [0.25, 0.3) is 22.1 Å². The fraction of sp³-hybridized carbons (Fsp3) is 0. The molecule has 0 atom stereocenters. The second-order valence-corrected chi connectivity index (χ2v) is 4.27. The smallest absolute Gasteiger partial charge is 0.338 e. The number of halogens is 1. The summed E-state index contributed by atoms with van der Waals surface area (Å²) in [4.78, 5) is 19.9. The first kappa shape index (κ1) is 10.9. The summed E-state index contributed by atoms with van der Waals surface area (Å²) in [5, 5.41) is 9.49. The molecule has 1 N–H and O–H groups in total. The summed E-state index contributed by atoms with van der Waals surface area (Å²) in [6.07, 6.45) is 0. The quantitative estimate of drug-likeness (QED) is 0.681. The Bertz CT molecular complexity index is 786. The first-order chi connectivity index (χ1) is 8.65. The third-order valence-electron chi connectivity index (χ3n) is 2.64. The number of hydrogen-bond donors (Lipinski definition) is 1. The van der Waals surface area contributed by atoms with Crippen molar-refractivity contribution < 1.29 is 9.90 Å². The Labute approximate surface area is 107 Å². The van der Waals surface area contributed by atoms with Gasteiger partial charge in [-0.1, -0.05) is 23.7 Å². The topological polar surface area (TPSA) is 63.1 Å². The summed E-state index contributed by atoms with van der Waals surface area (Å²) in [7, 11) is 0. The first-order valence-corrected chi connectivity index (χ1v) is 5.62. The van der Waals surface area contributed by atoms with E-state index in [2.05, 4.69) is 9.97 Å². The number of aromatic carboxylic acids is 1. The molecule has 18 heavy (non-hydrogen) atoms. The second-order valence-electron chi connectivity index (χ2n) is 3.84. The monoisotopic (exact) mass is 258 g/mol. The Morgan fingerprint density at radius 3 is 2.39 bits per heavy atom. The van der Waals surface area contributed by atoms with Crippen molar-refractivity contribution >= 4 is 39.6 Å². The molecule has 1 aromatic heterocycles. The zero-order chi connectivity index (χ0) is 12.7. The van der Waals surface area contributed by atoms with E-state index in [0.29, 0.717) is 27.1 Å². The molecule has 0 fully saturated rings. The number of aromatic nitrogens is 2. The van der Waals surface area contributed by atoms with E-state index in [1.807, 2.05) is 18.2 Å². The molecule has 1 heterocycles. The normalized spacial score (nSPS) is 10.9. The number of fused-ring (bicyclic) bond motifs is 2. The van der Waals surface area contributed by atoms with Crippen LogP contribution in [0.2, 0.25) is 5.02 Å². The van der Waals surface area contributed by atoms with Crippen LogP contribution in [0.1, 0.15) is 10.4 Å². The number of rotatable bonds is 1. The molecule has 3 aromatic rings. The summed E-state index contributed by atoms with van der Waals surface area (Å²) >= 11 is 5.89. The van der Waals surface area contributed by atoms with Gasteiger partial charge in [-0.3, -0.25) is 0 Å². The van der Waals surface area contributed by atoms with Crippen molar-refractivity contribution in [2.75, 3.05) is 0 Å². The predicted molar refractivity (Wildman–Crippen MR) is 69.0 cm³/mol. The third kappa shape index (κ3) is 1.67. The minimum Gasteiger partial charge on any atom is -0.478 e. The lowest BCUT2D eigenvalue weighted by Crippen LogP contribution is -2.00. The van der Waals surface area contributed by atoms with E-state index in [9.17, 15) is 4.79 Å². The molecule has 0 aliphatic heterocycles. The van der Waals surface area contributed by atoms with E-state index in [1.165, 1.54) is 6.07 Å². The van der Waals surface area contributed by atoms with Crippen LogP contribution in [-0.2, 0) is 0 Å². The highest BCUT2D eigenvalue weighted by atomic mass is 35.5. The minimum absolute atomic E-state index is 0.0655. The number of carbonyl (C=O) groups is 1. The van der Waals surface area contributed by atoms with Crippen molar-refractivity contribution in [3.8, 4) is 0 Å². The number of carboxylic acids is 1. The number of hydrogen-bond acceptors (Lipinski definition) is 3. The van der Waals surface area contributed by atoms with Crippen LogP contribution in [0, 0.1) is 0 Å². The molecular formula is C13H7ClN2O2. The highest BCUT2D eigenvalue weighted by Crippen LogP contribution is 2.23. The maximum Gasteiger partial charge on any atom is 0.338 e. The molecular weight excluding hydrogens is 252 g/mol. The van der Waals surface area contributed by atoms with Gasteiger partial charge in [0.1, 0.15) is 5.52 Å². The molecule has 0 saturated heterocycles. The SMILES string of the molecule is O=C(O)c1cc(Cl)cc2nc3ccccc3nc12. The molecule has 0 aliphatic carbocycles. The largest absolute Gasteiger partial charge is 0.478 e. The van der Waals surface area contributed by atoms with Crippen LogP contribution in [-0.4, -0.2) is 21.0 Å². The van der Waals surface area contributed by atoms with Crippen LogP contribution in [0.5, 0.6) is 0 Å². The zero-order valence-corrected chi connectivity index (χ0v) is 9.85. The van der Waals surface area contributed by atoms with Gasteiger partial charge in [0.05, 0.1) is 22.1 Å². The van der Waals surface area contributed by atoms with Crippen molar-refractivity contribution in [3.63, 3.8) is 0 Å². The van der Waals surface area contributed by atoms with Gasteiger partial charge in [-0.25, -0.2) is 14.8 Å².